The molecule has 2 rings (SSSR count). The number of nitro benzene ring substituents is 1. The van der Waals surface area contributed by atoms with Crippen LogP contribution in [0.4, 0.5) is 10.5 Å². The second-order valence-electron chi connectivity index (χ2n) is 5.71. The smallest absolute Gasteiger partial charge is 0.338 e. The van der Waals surface area contributed by atoms with Gasteiger partial charge < -0.3 is 15.0 Å². The molecular weight excluding hydrogens is 314 g/mol. The number of carbonyl (C=O) groups is 2. The fraction of sp³-hybridized carbons (Fsp3) is 0.375. The van der Waals surface area contributed by atoms with Crippen LogP contribution in [0.2, 0.25) is 0 Å². The van der Waals surface area contributed by atoms with Crippen molar-refractivity contribution in [3.63, 3.8) is 0 Å². The summed E-state index contributed by atoms with van der Waals surface area (Å²) in [6, 6.07) is 4.61. The lowest BCUT2D eigenvalue weighted by atomic mass is 9.94. The van der Waals surface area contributed by atoms with Crippen LogP contribution in [0, 0.1) is 10.1 Å². The van der Waals surface area contributed by atoms with Crippen molar-refractivity contribution in [3.8, 4) is 0 Å². The molecule has 1 aliphatic rings. The minimum absolute atomic E-state index is 0.171. The van der Waals surface area contributed by atoms with E-state index in [4.69, 9.17) is 4.74 Å². The number of carbonyl (C=O) groups excluding carboxylic acids is 2. The van der Waals surface area contributed by atoms with Crippen molar-refractivity contribution in [2.24, 2.45) is 0 Å². The number of amides is 2. The van der Waals surface area contributed by atoms with E-state index in [1.54, 1.807) is 26.8 Å². The highest BCUT2D eigenvalue weighted by atomic mass is 16.6. The van der Waals surface area contributed by atoms with Gasteiger partial charge in [-0.25, -0.2) is 9.59 Å². The first-order valence-corrected chi connectivity index (χ1v) is 7.43. The lowest BCUT2D eigenvalue weighted by Gasteiger charge is -2.33. The predicted molar refractivity (Wildman–Crippen MR) is 86.1 cm³/mol. The zero-order valence-electron chi connectivity index (χ0n) is 13.9. The van der Waals surface area contributed by atoms with Gasteiger partial charge in [-0.3, -0.25) is 10.1 Å². The molecule has 1 aromatic carbocycles. The molecule has 0 saturated heterocycles. The fourth-order valence-corrected chi connectivity index (χ4v) is 2.51. The molecular formula is C16H19N3O5. The number of hydrogen-bond acceptors (Lipinski definition) is 5. The van der Waals surface area contributed by atoms with E-state index in [-0.39, 0.29) is 22.9 Å². The summed E-state index contributed by atoms with van der Waals surface area (Å²) in [5.74, 6) is -0.613. The Balaban J connectivity index is 2.60. The third-order valence-corrected chi connectivity index (χ3v) is 3.76. The van der Waals surface area contributed by atoms with E-state index in [2.05, 4.69) is 5.32 Å². The SMILES string of the molecule is CC1=C(C(=O)OC(C)C)[C@H](c2ccccc2[N+](=O)[O-])NC(=O)N1C. The van der Waals surface area contributed by atoms with Crippen molar-refractivity contribution < 1.29 is 19.2 Å². The van der Waals surface area contributed by atoms with E-state index < -0.39 is 23.0 Å². The number of ether oxygens (including phenoxy) is 1. The monoisotopic (exact) mass is 333 g/mol. The lowest BCUT2D eigenvalue weighted by Crippen LogP contribution is -2.46. The number of hydrogen-bond donors (Lipinski definition) is 1. The van der Waals surface area contributed by atoms with Crippen molar-refractivity contribution in [1.29, 1.82) is 0 Å². The topological polar surface area (TPSA) is 102 Å². The average Bonchev–Trinajstić information content (AvgIpc) is 2.51. The molecule has 2 amide bonds. The van der Waals surface area contributed by atoms with Gasteiger partial charge in [-0.2, -0.15) is 0 Å². The first-order chi connectivity index (χ1) is 11.2. The van der Waals surface area contributed by atoms with Gasteiger partial charge in [-0.1, -0.05) is 12.1 Å². The van der Waals surface area contributed by atoms with Crippen LogP contribution in [0.15, 0.2) is 35.5 Å². The Bertz CT molecular complexity index is 726. The number of nitrogens with one attached hydrogen (secondary N) is 1. The maximum atomic E-state index is 12.5. The van der Waals surface area contributed by atoms with Crippen LogP contribution < -0.4 is 5.32 Å². The number of allylic oxidation sites excluding steroid dienone is 1. The van der Waals surface area contributed by atoms with Crippen molar-refractivity contribution in [2.45, 2.75) is 32.9 Å². The molecule has 128 valence electrons. The molecule has 8 heteroatoms. The fourth-order valence-electron chi connectivity index (χ4n) is 2.51. The second kappa shape index (κ2) is 6.69. The molecule has 1 N–H and O–H groups in total. The van der Waals surface area contributed by atoms with Gasteiger partial charge in [0.25, 0.3) is 5.69 Å². The van der Waals surface area contributed by atoms with E-state index in [1.807, 2.05) is 0 Å². The molecule has 1 heterocycles. The minimum Gasteiger partial charge on any atom is -0.459 e. The number of esters is 1. The molecule has 0 radical (unpaired) electrons. The van der Waals surface area contributed by atoms with Crippen LogP contribution in [0.3, 0.4) is 0 Å². The number of nitrogens with zero attached hydrogens (tertiary/aromatic N) is 2. The number of benzene rings is 1. The second-order valence-corrected chi connectivity index (χ2v) is 5.71. The molecule has 0 saturated carbocycles. The molecule has 1 atom stereocenters. The van der Waals surface area contributed by atoms with Crippen LogP contribution in [0.5, 0.6) is 0 Å². The van der Waals surface area contributed by atoms with Crippen molar-refractivity contribution in [3.05, 3.63) is 51.2 Å². The van der Waals surface area contributed by atoms with E-state index in [0.29, 0.717) is 5.70 Å². The zero-order valence-corrected chi connectivity index (χ0v) is 13.9. The minimum atomic E-state index is -0.943. The number of rotatable bonds is 4. The van der Waals surface area contributed by atoms with Gasteiger partial charge in [0.05, 0.1) is 28.2 Å². The van der Waals surface area contributed by atoms with Gasteiger partial charge in [-0.15, -0.1) is 0 Å². The van der Waals surface area contributed by atoms with E-state index in [9.17, 15) is 19.7 Å². The maximum Gasteiger partial charge on any atom is 0.338 e. The summed E-state index contributed by atoms with van der Waals surface area (Å²) in [4.78, 5) is 36.7. The van der Waals surface area contributed by atoms with Gasteiger partial charge in [0.2, 0.25) is 0 Å². The third-order valence-electron chi connectivity index (χ3n) is 3.76. The lowest BCUT2D eigenvalue weighted by molar-refractivity contribution is -0.385. The number of para-hydroxylation sites is 1. The summed E-state index contributed by atoms with van der Waals surface area (Å²) >= 11 is 0. The molecule has 8 nitrogen and oxygen atoms in total. The number of nitro groups is 1. The van der Waals surface area contributed by atoms with Crippen LogP contribution in [-0.4, -0.2) is 35.0 Å². The highest BCUT2D eigenvalue weighted by Crippen LogP contribution is 2.35. The molecule has 0 fully saturated rings. The Hall–Kier alpha value is -2.90. The van der Waals surface area contributed by atoms with E-state index in [1.165, 1.54) is 30.1 Å². The van der Waals surface area contributed by atoms with Crippen LogP contribution in [0.1, 0.15) is 32.4 Å². The first-order valence-electron chi connectivity index (χ1n) is 7.43. The number of urea groups is 1. The van der Waals surface area contributed by atoms with Crippen LogP contribution in [-0.2, 0) is 9.53 Å². The molecule has 0 bridgehead atoms. The molecule has 0 aliphatic carbocycles. The summed E-state index contributed by atoms with van der Waals surface area (Å²) < 4.78 is 5.25. The first kappa shape index (κ1) is 17.5. The van der Waals surface area contributed by atoms with Gasteiger partial charge in [0, 0.05) is 18.8 Å². The quantitative estimate of drug-likeness (QED) is 0.518. The van der Waals surface area contributed by atoms with Crippen molar-refractivity contribution >= 4 is 17.7 Å². The largest absolute Gasteiger partial charge is 0.459 e. The Morgan fingerprint density at radius 1 is 1.38 bits per heavy atom. The third kappa shape index (κ3) is 3.22. The van der Waals surface area contributed by atoms with E-state index in [0.717, 1.165) is 0 Å². The Labute approximate surface area is 139 Å². The summed E-state index contributed by atoms with van der Waals surface area (Å²) in [6.07, 6.45) is -0.354. The van der Waals surface area contributed by atoms with Crippen LogP contribution >= 0.6 is 0 Å². The molecule has 1 aromatic rings. The summed E-state index contributed by atoms with van der Waals surface area (Å²) in [5.41, 5.74) is 0.640. The van der Waals surface area contributed by atoms with Crippen molar-refractivity contribution in [1.82, 2.24) is 10.2 Å². The van der Waals surface area contributed by atoms with Gasteiger partial charge in [0.1, 0.15) is 0 Å². The summed E-state index contributed by atoms with van der Waals surface area (Å²) in [5, 5.41) is 13.9. The molecule has 0 spiro atoms. The summed E-state index contributed by atoms with van der Waals surface area (Å²) in [6.45, 7) is 5.02. The molecule has 1 aliphatic heterocycles. The average molecular weight is 333 g/mol. The van der Waals surface area contributed by atoms with Crippen LogP contribution in [0.25, 0.3) is 0 Å². The maximum absolute atomic E-state index is 12.5. The van der Waals surface area contributed by atoms with Gasteiger partial charge in [-0.05, 0) is 26.8 Å². The normalized spacial score (nSPS) is 17.8. The molecule has 0 aromatic heterocycles. The van der Waals surface area contributed by atoms with Crippen molar-refractivity contribution in [2.75, 3.05) is 7.05 Å². The van der Waals surface area contributed by atoms with Gasteiger partial charge >= 0.3 is 12.0 Å². The Morgan fingerprint density at radius 3 is 2.58 bits per heavy atom. The molecule has 0 unspecified atom stereocenters. The standard InChI is InChI=1S/C16H19N3O5/c1-9(2)24-15(20)13-10(3)18(4)16(21)17-14(13)11-7-5-6-8-12(11)19(22)23/h5-9,14H,1-4H3,(H,17,21)/t14-/m0/s1. The summed E-state index contributed by atoms with van der Waals surface area (Å²) in [7, 11) is 1.52. The van der Waals surface area contributed by atoms with Gasteiger partial charge in [0.15, 0.2) is 0 Å². The highest BCUT2D eigenvalue weighted by molar-refractivity contribution is 5.95. The Kier molecular flexibility index (Phi) is 4.87. The zero-order chi connectivity index (χ0) is 18.0. The predicted octanol–water partition coefficient (Wildman–Crippen LogP) is 2.52. The molecule has 24 heavy (non-hydrogen) atoms. The van der Waals surface area contributed by atoms with E-state index >= 15 is 0 Å². The Morgan fingerprint density at radius 2 is 2.00 bits per heavy atom. The highest BCUT2D eigenvalue weighted by Gasteiger charge is 2.38.